The maximum atomic E-state index is 9.50. The third-order valence-electron chi connectivity index (χ3n) is 3.19. The summed E-state index contributed by atoms with van der Waals surface area (Å²) in [6, 6.07) is 18.4. The normalized spacial score (nSPS) is 10.9. The highest BCUT2D eigenvalue weighted by atomic mass is 16.5. The summed E-state index contributed by atoms with van der Waals surface area (Å²) in [6.07, 6.45) is 0. The Morgan fingerprint density at radius 3 is 1.50 bits per heavy atom. The Morgan fingerprint density at radius 1 is 0.773 bits per heavy atom. The minimum absolute atomic E-state index is 0.301. The molecule has 108 valence electrons. The lowest BCUT2D eigenvalue weighted by atomic mass is 9.96. The number of hydrogen-bond donors (Lipinski definition) is 0. The average Bonchev–Trinajstić information content (AvgIpc) is 2.59. The Labute approximate surface area is 129 Å². The Hall–Kier alpha value is -3.24. The van der Waals surface area contributed by atoms with Crippen LogP contribution in [0.3, 0.4) is 0 Å². The average molecular weight is 290 g/mol. The van der Waals surface area contributed by atoms with Crippen LogP contribution in [0, 0.1) is 22.7 Å². The lowest BCUT2D eigenvalue weighted by Gasteiger charge is -2.07. The summed E-state index contributed by atoms with van der Waals surface area (Å²) < 4.78 is 10.3. The smallest absolute Gasteiger partial charge is 0.119 e. The largest absolute Gasteiger partial charge is 0.497 e. The first-order valence-corrected chi connectivity index (χ1v) is 6.56. The predicted octanol–water partition coefficient (Wildman–Crippen LogP) is 3.66. The van der Waals surface area contributed by atoms with Gasteiger partial charge in [-0.05, 0) is 35.4 Å². The van der Waals surface area contributed by atoms with Crippen molar-refractivity contribution in [1.29, 1.82) is 10.5 Å². The molecular weight excluding hydrogens is 276 g/mol. The molecule has 4 nitrogen and oxygen atoms in total. The molecule has 0 saturated heterocycles. The number of benzene rings is 2. The predicted molar refractivity (Wildman–Crippen MR) is 84.0 cm³/mol. The van der Waals surface area contributed by atoms with Crippen LogP contribution in [0.4, 0.5) is 0 Å². The highest BCUT2D eigenvalue weighted by Gasteiger charge is 2.12. The molecule has 0 saturated carbocycles. The van der Waals surface area contributed by atoms with Gasteiger partial charge in [-0.25, -0.2) is 0 Å². The van der Waals surface area contributed by atoms with Crippen LogP contribution in [0.5, 0.6) is 11.5 Å². The third-order valence-corrected chi connectivity index (χ3v) is 3.19. The molecule has 2 aromatic carbocycles. The summed E-state index contributed by atoms with van der Waals surface area (Å²) >= 11 is 0. The van der Waals surface area contributed by atoms with Gasteiger partial charge in [-0.2, -0.15) is 10.5 Å². The quantitative estimate of drug-likeness (QED) is 0.636. The number of allylic oxidation sites excluding steroid dienone is 2. The number of methoxy groups -OCH3 is 2. The maximum absolute atomic E-state index is 9.50. The second-order valence-corrected chi connectivity index (χ2v) is 4.44. The number of hydrogen-bond acceptors (Lipinski definition) is 4. The van der Waals surface area contributed by atoms with E-state index in [1.54, 1.807) is 62.8 Å². The lowest BCUT2D eigenvalue weighted by Crippen LogP contribution is -1.92. The van der Waals surface area contributed by atoms with E-state index in [4.69, 9.17) is 9.47 Å². The molecule has 0 bridgehead atoms. The van der Waals surface area contributed by atoms with Crippen molar-refractivity contribution in [2.45, 2.75) is 0 Å². The molecule has 0 N–H and O–H groups in total. The van der Waals surface area contributed by atoms with Crippen LogP contribution in [0.25, 0.3) is 11.1 Å². The Bertz CT molecular complexity index is 728. The van der Waals surface area contributed by atoms with Gasteiger partial charge in [0.15, 0.2) is 0 Å². The van der Waals surface area contributed by atoms with Gasteiger partial charge >= 0.3 is 0 Å². The van der Waals surface area contributed by atoms with Gasteiger partial charge in [-0.3, -0.25) is 0 Å². The second-order valence-electron chi connectivity index (χ2n) is 4.44. The van der Waals surface area contributed by atoms with Crippen molar-refractivity contribution in [2.75, 3.05) is 14.2 Å². The van der Waals surface area contributed by atoms with Gasteiger partial charge in [0.25, 0.3) is 0 Å². The first-order chi connectivity index (χ1) is 10.7. The first kappa shape index (κ1) is 15.2. The Balaban J connectivity index is 2.63. The van der Waals surface area contributed by atoms with Crippen molar-refractivity contribution in [3.05, 3.63) is 59.7 Å². The fourth-order valence-corrected chi connectivity index (χ4v) is 2.09. The van der Waals surface area contributed by atoms with E-state index in [0.29, 0.717) is 33.8 Å². The van der Waals surface area contributed by atoms with Crippen molar-refractivity contribution >= 4 is 11.1 Å². The third kappa shape index (κ3) is 3.08. The SMILES string of the molecule is COc1cccc(/C(C#N)=C(\C#N)c2cccc(OC)c2)c1. The van der Waals surface area contributed by atoms with Crippen molar-refractivity contribution in [3.63, 3.8) is 0 Å². The number of nitrogens with zero attached hydrogens (tertiary/aromatic N) is 2. The molecule has 0 unspecified atom stereocenters. The summed E-state index contributed by atoms with van der Waals surface area (Å²) in [5, 5.41) is 19.0. The molecule has 2 rings (SSSR count). The Morgan fingerprint density at radius 2 is 1.18 bits per heavy atom. The molecule has 0 fully saturated rings. The number of rotatable bonds is 4. The molecule has 2 aromatic rings. The molecule has 0 aliphatic rings. The van der Waals surface area contributed by atoms with Crippen molar-refractivity contribution < 1.29 is 9.47 Å². The molecule has 0 spiro atoms. The standard InChI is InChI=1S/C18H14N2O2/c1-21-15-7-3-5-13(9-15)17(11-19)18(12-20)14-6-4-8-16(10-14)22-2/h3-10H,1-2H3/b18-17+. The molecule has 4 heteroatoms. The topological polar surface area (TPSA) is 66.0 Å². The van der Waals surface area contributed by atoms with Crippen molar-refractivity contribution in [2.24, 2.45) is 0 Å². The lowest BCUT2D eigenvalue weighted by molar-refractivity contribution is 0.414. The fraction of sp³-hybridized carbons (Fsp3) is 0.111. The number of nitriles is 2. The van der Waals surface area contributed by atoms with Crippen LogP contribution >= 0.6 is 0 Å². The molecular formula is C18H14N2O2. The summed E-state index contributed by atoms with van der Waals surface area (Å²) in [5.74, 6) is 1.27. The highest BCUT2D eigenvalue weighted by Crippen LogP contribution is 2.29. The van der Waals surface area contributed by atoms with Crippen LogP contribution in [0.1, 0.15) is 11.1 Å². The zero-order valence-corrected chi connectivity index (χ0v) is 12.3. The van der Waals surface area contributed by atoms with E-state index in [9.17, 15) is 10.5 Å². The van der Waals surface area contributed by atoms with Crippen LogP contribution in [-0.4, -0.2) is 14.2 Å². The highest BCUT2D eigenvalue weighted by molar-refractivity contribution is 6.02. The van der Waals surface area contributed by atoms with E-state index in [1.807, 2.05) is 0 Å². The summed E-state index contributed by atoms with van der Waals surface area (Å²) in [6.45, 7) is 0. The molecule has 22 heavy (non-hydrogen) atoms. The van der Waals surface area contributed by atoms with Crippen LogP contribution < -0.4 is 9.47 Å². The van der Waals surface area contributed by atoms with Gasteiger partial charge in [-0.15, -0.1) is 0 Å². The fourth-order valence-electron chi connectivity index (χ4n) is 2.09. The molecule has 0 heterocycles. The molecule has 0 atom stereocenters. The zero-order valence-electron chi connectivity index (χ0n) is 12.3. The first-order valence-electron chi connectivity index (χ1n) is 6.56. The van der Waals surface area contributed by atoms with Gasteiger partial charge in [0.05, 0.1) is 25.4 Å². The number of ether oxygens (including phenoxy) is 2. The summed E-state index contributed by atoms with van der Waals surface area (Å²) in [7, 11) is 3.12. The van der Waals surface area contributed by atoms with Crippen molar-refractivity contribution in [3.8, 4) is 23.6 Å². The van der Waals surface area contributed by atoms with Gasteiger partial charge in [0, 0.05) is 0 Å². The summed E-state index contributed by atoms with van der Waals surface area (Å²) in [4.78, 5) is 0. The second kappa shape index (κ2) is 6.97. The van der Waals surface area contributed by atoms with E-state index in [-0.39, 0.29) is 0 Å². The maximum Gasteiger partial charge on any atom is 0.119 e. The van der Waals surface area contributed by atoms with Crippen molar-refractivity contribution in [1.82, 2.24) is 0 Å². The van der Waals surface area contributed by atoms with Gasteiger partial charge in [0.1, 0.15) is 23.6 Å². The minimum Gasteiger partial charge on any atom is -0.497 e. The van der Waals surface area contributed by atoms with Crippen LogP contribution in [-0.2, 0) is 0 Å². The minimum atomic E-state index is 0.301. The van der Waals surface area contributed by atoms with E-state index in [2.05, 4.69) is 12.1 Å². The van der Waals surface area contributed by atoms with Gasteiger partial charge in [0.2, 0.25) is 0 Å². The van der Waals surface area contributed by atoms with E-state index in [0.717, 1.165) is 0 Å². The van der Waals surface area contributed by atoms with Crippen LogP contribution in [0.15, 0.2) is 48.5 Å². The molecule has 0 radical (unpaired) electrons. The zero-order chi connectivity index (χ0) is 15.9. The molecule has 0 aliphatic heterocycles. The summed E-state index contributed by atoms with van der Waals surface area (Å²) in [5.41, 5.74) is 1.88. The van der Waals surface area contributed by atoms with Gasteiger partial charge < -0.3 is 9.47 Å². The van der Waals surface area contributed by atoms with E-state index >= 15 is 0 Å². The molecule has 0 aliphatic carbocycles. The Kier molecular flexibility index (Phi) is 4.80. The van der Waals surface area contributed by atoms with Gasteiger partial charge in [-0.1, -0.05) is 24.3 Å². The van der Waals surface area contributed by atoms with E-state index < -0.39 is 0 Å². The van der Waals surface area contributed by atoms with Crippen LogP contribution in [0.2, 0.25) is 0 Å². The molecule has 0 aromatic heterocycles. The monoisotopic (exact) mass is 290 g/mol. The molecule has 0 amide bonds. The van der Waals surface area contributed by atoms with E-state index in [1.165, 1.54) is 0 Å².